The summed E-state index contributed by atoms with van der Waals surface area (Å²) in [5.41, 5.74) is -1.13. The Balaban J connectivity index is 2.13. The highest BCUT2D eigenvalue weighted by Gasteiger charge is 2.47. The highest BCUT2D eigenvalue weighted by molar-refractivity contribution is 6.18. The fourth-order valence-electron chi connectivity index (χ4n) is 1.95. The van der Waals surface area contributed by atoms with E-state index in [1.165, 1.54) is 4.90 Å². The lowest BCUT2D eigenvalue weighted by atomic mass is 9.83. The number of carbonyl (C=O) groups is 3. The molecule has 5 nitrogen and oxygen atoms in total. The molecule has 1 N–H and O–H groups in total. The normalized spacial score (nSPS) is 25.4. The number of imide groups is 2. The summed E-state index contributed by atoms with van der Waals surface area (Å²) in [6.45, 7) is 3.54. The topological polar surface area (TPSA) is 66.5 Å². The van der Waals surface area contributed by atoms with Crippen molar-refractivity contribution in [2.75, 3.05) is 6.54 Å². The molecule has 0 unspecified atom stereocenters. The van der Waals surface area contributed by atoms with Crippen LogP contribution < -0.4 is 5.32 Å². The van der Waals surface area contributed by atoms with Crippen molar-refractivity contribution in [2.45, 2.75) is 33.1 Å². The fourth-order valence-corrected chi connectivity index (χ4v) is 1.95. The quantitative estimate of drug-likeness (QED) is 0.708. The predicted molar refractivity (Wildman–Crippen MR) is 56.4 cm³/mol. The van der Waals surface area contributed by atoms with E-state index < -0.39 is 17.4 Å². The van der Waals surface area contributed by atoms with Crippen molar-refractivity contribution in [3.63, 3.8) is 0 Å². The maximum atomic E-state index is 12.0. The number of hydrogen-bond acceptors (Lipinski definition) is 3. The molecule has 0 aromatic rings. The van der Waals surface area contributed by atoms with Crippen LogP contribution in [0.3, 0.4) is 0 Å². The number of nitrogens with zero attached hydrogens (tertiary/aromatic N) is 1. The first-order valence-corrected chi connectivity index (χ1v) is 5.60. The van der Waals surface area contributed by atoms with Crippen molar-refractivity contribution >= 4 is 17.8 Å². The summed E-state index contributed by atoms with van der Waals surface area (Å²) in [6.07, 6.45) is 3.29. The monoisotopic (exact) mass is 224 g/mol. The first-order chi connectivity index (χ1) is 7.43. The molecule has 0 aromatic heterocycles. The van der Waals surface area contributed by atoms with Gasteiger partial charge in [0.2, 0.25) is 11.8 Å². The Morgan fingerprint density at radius 2 is 1.94 bits per heavy atom. The summed E-state index contributed by atoms with van der Waals surface area (Å²) in [6, 6.07) is -0.568. The zero-order valence-corrected chi connectivity index (χ0v) is 9.58. The van der Waals surface area contributed by atoms with E-state index in [1.54, 1.807) is 13.8 Å². The second kappa shape index (κ2) is 3.57. The smallest absolute Gasteiger partial charge is 0.277 e. The van der Waals surface area contributed by atoms with Crippen LogP contribution in [0.5, 0.6) is 0 Å². The number of hydrogen-bond donors (Lipinski definition) is 1. The molecule has 0 bridgehead atoms. The molecular weight excluding hydrogens is 208 g/mol. The molecular formula is C11H16N2O3. The van der Waals surface area contributed by atoms with Crippen LogP contribution in [0, 0.1) is 11.3 Å². The SMILES string of the molecule is CC1(C)C(=O)NC(=O)N(CC2CCC2)C1=O. The lowest BCUT2D eigenvalue weighted by Crippen LogP contribution is -2.62. The molecule has 1 aliphatic carbocycles. The molecule has 0 aromatic carbocycles. The van der Waals surface area contributed by atoms with Crippen LogP contribution in [-0.4, -0.2) is 29.3 Å². The Labute approximate surface area is 94.2 Å². The highest BCUT2D eigenvalue weighted by Crippen LogP contribution is 2.30. The van der Waals surface area contributed by atoms with Crippen LogP contribution >= 0.6 is 0 Å². The van der Waals surface area contributed by atoms with Crippen LogP contribution in [-0.2, 0) is 9.59 Å². The van der Waals surface area contributed by atoms with Gasteiger partial charge >= 0.3 is 6.03 Å². The molecule has 2 aliphatic rings. The third-order valence-corrected chi connectivity index (χ3v) is 3.48. The lowest BCUT2D eigenvalue weighted by Gasteiger charge is -2.38. The van der Waals surface area contributed by atoms with E-state index in [4.69, 9.17) is 0 Å². The zero-order chi connectivity index (χ0) is 11.9. The van der Waals surface area contributed by atoms with Crippen molar-refractivity contribution in [3.8, 4) is 0 Å². The van der Waals surface area contributed by atoms with E-state index >= 15 is 0 Å². The van der Waals surface area contributed by atoms with Gasteiger partial charge in [0.15, 0.2) is 0 Å². The molecule has 88 valence electrons. The van der Waals surface area contributed by atoms with E-state index in [0.29, 0.717) is 12.5 Å². The van der Waals surface area contributed by atoms with Gasteiger partial charge in [0.05, 0.1) is 0 Å². The summed E-state index contributed by atoms with van der Waals surface area (Å²) in [7, 11) is 0. The summed E-state index contributed by atoms with van der Waals surface area (Å²) in [5, 5.41) is 2.23. The second-order valence-corrected chi connectivity index (χ2v) is 5.10. The molecule has 0 atom stereocenters. The molecule has 4 amide bonds. The number of nitrogens with one attached hydrogen (secondary N) is 1. The third-order valence-electron chi connectivity index (χ3n) is 3.48. The van der Waals surface area contributed by atoms with Crippen LogP contribution in [0.1, 0.15) is 33.1 Å². The molecule has 1 saturated heterocycles. The van der Waals surface area contributed by atoms with E-state index in [9.17, 15) is 14.4 Å². The number of urea groups is 1. The van der Waals surface area contributed by atoms with Gasteiger partial charge in [0.25, 0.3) is 0 Å². The Hall–Kier alpha value is -1.39. The van der Waals surface area contributed by atoms with Gasteiger partial charge in [-0.15, -0.1) is 0 Å². The number of amides is 4. The molecule has 2 rings (SSSR count). The first-order valence-electron chi connectivity index (χ1n) is 5.60. The number of barbiturate groups is 1. The van der Waals surface area contributed by atoms with Gasteiger partial charge in [-0.2, -0.15) is 0 Å². The van der Waals surface area contributed by atoms with Gasteiger partial charge in [-0.1, -0.05) is 6.42 Å². The molecule has 1 heterocycles. The lowest BCUT2D eigenvalue weighted by molar-refractivity contribution is -0.149. The largest absolute Gasteiger partial charge is 0.330 e. The third kappa shape index (κ3) is 1.60. The minimum atomic E-state index is -1.13. The standard InChI is InChI=1S/C11H16N2O3/c1-11(2)8(14)12-10(16)13(9(11)15)6-7-4-3-5-7/h7H,3-6H2,1-2H3,(H,12,14,16). The summed E-state index contributed by atoms with van der Waals surface area (Å²) >= 11 is 0. The Kier molecular flexibility index (Phi) is 2.48. The fraction of sp³-hybridized carbons (Fsp3) is 0.727. The zero-order valence-electron chi connectivity index (χ0n) is 9.58. The number of carbonyl (C=O) groups excluding carboxylic acids is 3. The highest BCUT2D eigenvalue weighted by atomic mass is 16.2. The van der Waals surface area contributed by atoms with Crippen LogP contribution in [0.2, 0.25) is 0 Å². The molecule has 5 heteroatoms. The van der Waals surface area contributed by atoms with Gasteiger partial charge in [0.1, 0.15) is 5.41 Å². The second-order valence-electron chi connectivity index (χ2n) is 5.10. The molecule has 2 fully saturated rings. The van der Waals surface area contributed by atoms with Gasteiger partial charge in [0, 0.05) is 6.54 Å². The molecule has 1 aliphatic heterocycles. The van der Waals surface area contributed by atoms with Gasteiger partial charge in [-0.25, -0.2) is 4.79 Å². The predicted octanol–water partition coefficient (Wildman–Crippen LogP) is 0.891. The Morgan fingerprint density at radius 3 is 2.44 bits per heavy atom. The van der Waals surface area contributed by atoms with E-state index in [2.05, 4.69) is 5.32 Å². The first kappa shape index (κ1) is 11.1. The Morgan fingerprint density at radius 1 is 1.31 bits per heavy atom. The summed E-state index contributed by atoms with van der Waals surface area (Å²) in [5.74, 6) is -0.473. The van der Waals surface area contributed by atoms with E-state index in [1.807, 2.05) is 0 Å². The summed E-state index contributed by atoms with van der Waals surface area (Å²) < 4.78 is 0. The van der Waals surface area contributed by atoms with Crippen molar-refractivity contribution in [1.82, 2.24) is 10.2 Å². The van der Waals surface area contributed by atoms with Crippen molar-refractivity contribution in [1.29, 1.82) is 0 Å². The average molecular weight is 224 g/mol. The van der Waals surface area contributed by atoms with Crippen molar-refractivity contribution in [3.05, 3.63) is 0 Å². The van der Waals surface area contributed by atoms with Crippen molar-refractivity contribution < 1.29 is 14.4 Å². The average Bonchev–Trinajstić information content (AvgIpc) is 2.13. The van der Waals surface area contributed by atoms with Gasteiger partial charge < -0.3 is 0 Å². The molecule has 0 spiro atoms. The molecule has 1 saturated carbocycles. The van der Waals surface area contributed by atoms with E-state index in [-0.39, 0.29) is 5.91 Å². The Bertz CT molecular complexity index is 358. The number of rotatable bonds is 2. The van der Waals surface area contributed by atoms with Crippen LogP contribution in [0.15, 0.2) is 0 Å². The van der Waals surface area contributed by atoms with Gasteiger partial charge in [-0.05, 0) is 32.6 Å². The minimum Gasteiger partial charge on any atom is -0.277 e. The molecule has 16 heavy (non-hydrogen) atoms. The van der Waals surface area contributed by atoms with Gasteiger partial charge in [-0.3, -0.25) is 19.8 Å². The summed E-state index contributed by atoms with van der Waals surface area (Å²) in [4.78, 5) is 36.2. The minimum absolute atomic E-state index is 0.381. The maximum absolute atomic E-state index is 12.0. The van der Waals surface area contributed by atoms with Crippen LogP contribution in [0.4, 0.5) is 4.79 Å². The van der Waals surface area contributed by atoms with Crippen molar-refractivity contribution in [2.24, 2.45) is 11.3 Å². The maximum Gasteiger partial charge on any atom is 0.330 e. The van der Waals surface area contributed by atoms with Crippen LogP contribution in [0.25, 0.3) is 0 Å². The van der Waals surface area contributed by atoms with E-state index in [0.717, 1.165) is 19.3 Å². The molecule has 0 radical (unpaired) electrons.